The lowest BCUT2D eigenvalue weighted by atomic mass is 9.87. The molecule has 0 aliphatic carbocycles. The normalized spacial score (nSPS) is 12.0. The number of aromatic nitrogens is 9. The predicted octanol–water partition coefficient (Wildman–Crippen LogP) is 11.2. The van der Waals surface area contributed by atoms with Crippen LogP contribution >= 0.6 is 0 Å². The molecular formula is C50H30N10. The number of nitrogens with zero attached hydrogens (tertiary/aromatic N) is 10. The van der Waals surface area contributed by atoms with E-state index in [1.54, 1.807) is 12.7 Å². The van der Waals surface area contributed by atoms with Crippen molar-refractivity contribution in [2.75, 3.05) is 4.90 Å². The average molecular weight is 771 g/mol. The van der Waals surface area contributed by atoms with Crippen molar-refractivity contribution in [1.29, 1.82) is 0 Å². The minimum atomic E-state index is 0.498. The standard InChI is InChI=1S/C50H30N10/c1-3-12-31(13-4-1)47-53-29-55-49(57-47)59-42-23-20-33(40-17-7-9-24-51-40)26-37(42)39-27-38-36-22-21-34(41-18-8-10-25-52-41)35-16-11-19-43(46(35)36)60(44(38)28-45(39)59)50-56-30-54-48(58-50)32-14-5-2-6-15-32/h1-30H. The molecule has 0 fully saturated rings. The third kappa shape index (κ3) is 5.35. The Hall–Kier alpha value is -8.50. The van der Waals surface area contributed by atoms with E-state index in [0.29, 0.717) is 23.5 Å². The predicted molar refractivity (Wildman–Crippen MR) is 236 cm³/mol. The first-order chi connectivity index (χ1) is 29.8. The first-order valence-electron chi connectivity index (χ1n) is 19.6. The fourth-order valence-electron chi connectivity index (χ4n) is 8.50. The minimum absolute atomic E-state index is 0.498. The van der Waals surface area contributed by atoms with Crippen molar-refractivity contribution in [3.05, 3.63) is 183 Å². The molecule has 0 saturated heterocycles. The van der Waals surface area contributed by atoms with Gasteiger partial charge in [0.1, 0.15) is 12.7 Å². The lowest BCUT2D eigenvalue weighted by molar-refractivity contribution is 0.946. The third-order valence-corrected chi connectivity index (χ3v) is 11.2. The van der Waals surface area contributed by atoms with Gasteiger partial charge in [-0.15, -0.1) is 0 Å². The van der Waals surface area contributed by atoms with E-state index < -0.39 is 0 Å². The van der Waals surface area contributed by atoms with E-state index in [1.165, 1.54) is 0 Å². The van der Waals surface area contributed by atoms with Crippen LogP contribution in [-0.2, 0) is 0 Å². The van der Waals surface area contributed by atoms with Gasteiger partial charge in [0.15, 0.2) is 11.6 Å². The molecule has 0 radical (unpaired) electrons. The van der Waals surface area contributed by atoms with Crippen LogP contribution in [0.15, 0.2) is 183 Å². The molecule has 5 aromatic heterocycles. The summed E-state index contributed by atoms with van der Waals surface area (Å²) in [6.45, 7) is 0. The Labute approximate surface area is 343 Å². The van der Waals surface area contributed by atoms with E-state index in [9.17, 15) is 0 Å². The van der Waals surface area contributed by atoms with Gasteiger partial charge in [0.05, 0.1) is 33.8 Å². The van der Waals surface area contributed by atoms with Gasteiger partial charge in [0, 0.05) is 56.4 Å². The lowest BCUT2D eigenvalue weighted by Gasteiger charge is -2.32. The molecule has 10 heteroatoms. The van der Waals surface area contributed by atoms with Gasteiger partial charge >= 0.3 is 0 Å². The second kappa shape index (κ2) is 13.6. The Morgan fingerprint density at radius 1 is 0.367 bits per heavy atom. The van der Waals surface area contributed by atoms with Gasteiger partial charge < -0.3 is 0 Å². The van der Waals surface area contributed by atoms with Crippen LogP contribution in [0.5, 0.6) is 0 Å². The van der Waals surface area contributed by atoms with E-state index in [2.05, 4.69) is 86.2 Å². The summed E-state index contributed by atoms with van der Waals surface area (Å²) in [5.41, 5.74) is 11.5. The van der Waals surface area contributed by atoms with Gasteiger partial charge in [0.25, 0.3) is 0 Å². The van der Waals surface area contributed by atoms with E-state index >= 15 is 0 Å². The number of fused-ring (bicyclic) bond motifs is 5. The van der Waals surface area contributed by atoms with Crippen molar-refractivity contribution in [3.63, 3.8) is 0 Å². The Kier molecular flexibility index (Phi) is 7.60. The zero-order chi connectivity index (χ0) is 39.6. The molecule has 280 valence electrons. The number of hydrogen-bond donors (Lipinski definition) is 0. The largest absolute Gasteiger partial charge is 0.278 e. The van der Waals surface area contributed by atoms with Gasteiger partial charge in [-0.1, -0.05) is 103 Å². The highest BCUT2D eigenvalue weighted by Gasteiger charge is 2.31. The fourth-order valence-corrected chi connectivity index (χ4v) is 8.50. The van der Waals surface area contributed by atoms with Gasteiger partial charge in [0.2, 0.25) is 11.9 Å². The zero-order valence-electron chi connectivity index (χ0n) is 31.8. The third-order valence-electron chi connectivity index (χ3n) is 11.2. The van der Waals surface area contributed by atoms with Crippen LogP contribution in [0, 0.1) is 0 Å². The Bertz CT molecular complexity index is 3430. The zero-order valence-corrected chi connectivity index (χ0v) is 31.8. The van der Waals surface area contributed by atoms with E-state index in [0.717, 1.165) is 88.7 Å². The molecule has 60 heavy (non-hydrogen) atoms. The molecule has 1 aliphatic heterocycles. The molecule has 0 atom stereocenters. The Balaban J connectivity index is 1.18. The molecule has 1 aliphatic rings. The maximum atomic E-state index is 5.14. The van der Waals surface area contributed by atoms with Gasteiger partial charge in [-0.05, 0) is 65.5 Å². The van der Waals surface area contributed by atoms with Crippen LogP contribution in [-0.4, -0.2) is 44.4 Å². The van der Waals surface area contributed by atoms with Gasteiger partial charge in [-0.25, -0.2) is 19.9 Å². The summed E-state index contributed by atoms with van der Waals surface area (Å²) in [4.78, 5) is 40.7. The molecule has 0 saturated carbocycles. The summed E-state index contributed by atoms with van der Waals surface area (Å²) in [6, 6.07) is 53.8. The topological polar surface area (TPSA) is 111 Å². The highest BCUT2D eigenvalue weighted by molar-refractivity contribution is 6.20. The smallest absolute Gasteiger partial charge is 0.238 e. The van der Waals surface area contributed by atoms with Gasteiger partial charge in [-0.3, -0.25) is 19.4 Å². The number of benzene rings is 6. The number of anilines is 3. The van der Waals surface area contributed by atoms with Crippen molar-refractivity contribution in [3.8, 4) is 62.4 Å². The molecule has 6 aromatic carbocycles. The Morgan fingerprint density at radius 3 is 1.73 bits per heavy atom. The van der Waals surface area contributed by atoms with Crippen molar-refractivity contribution in [2.24, 2.45) is 0 Å². The number of pyridine rings is 2. The highest BCUT2D eigenvalue weighted by Crippen LogP contribution is 2.53. The summed E-state index contributed by atoms with van der Waals surface area (Å²) >= 11 is 0. The van der Waals surface area contributed by atoms with Crippen molar-refractivity contribution >= 4 is 49.9 Å². The summed E-state index contributed by atoms with van der Waals surface area (Å²) in [6.07, 6.45) is 6.84. The van der Waals surface area contributed by atoms with E-state index in [-0.39, 0.29) is 0 Å². The summed E-state index contributed by atoms with van der Waals surface area (Å²) in [7, 11) is 0. The molecule has 10 nitrogen and oxygen atoms in total. The summed E-state index contributed by atoms with van der Waals surface area (Å²) < 4.78 is 2.13. The second-order valence-electron chi connectivity index (χ2n) is 14.5. The van der Waals surface area contributed by atoms with Crippen LogP contribution in [0.25, 0.3) is 94.9 Å². The molecular weight excluding hydrogens is 741 g/mol. The molecule has 0 bridgehead atoms. The Morgan fingerprint density at radius 2 is 1.02 bits per heavy atom. The fraction of sp³-hybridized carbons (Fsp3) is 0. The van der Waals surface area contributed by atoms with Crippen molar-refractivity contribution < 1.29 is 0 Å². The van der Waals surface area contributed by atoms with Crippen molar-refractivity contribution in [2.45, 2.75) is 0 Å². The van der Waals surface area contributed by atoms with Crippen LogP contribution in [0.2, 0.25) is 0 Å². The minimum Gasteiger partial charge on any atom is -0.278 e. The molecule has 0 amide bonds. The first-order valence-corrected chi connectivity index (χ1v) is 19.6. The molecule has 0 N–H and O–H groups in total. The van der Waals surface area contributed by atoms with Crippen LogP contribution in [0.3, 0.4) is 0 Å². The van der Waals surface area contributed by atoms with E-state index in [1.807, 2.05) is 103 Å². The first kappa shape index (κ1) is 33.6. The molecule has 11 aromatic rings. The average Bonchev–Trinajstić information content (AvgIpc) is 3.65. The quantitative estimate of drug-likeness (QED) is 0.163. The van der Waals surface area contributed by atoms with Gasteiger partial charge in [-0.2, -0.15) is 9.97 Å². The van der Waals surface area contributed by atoms with Crippen LogP contribution in [0.1, 0.15) is 0 Å². The maximum Gasteiger partial charge on any atom is 0.238 e. The molecule has 0 spiro atoms. The summed E-state index contributed by atoms with van der Waals surface area (Å²) in [5.74, 6) is 2.17. The number of hydrogen-bond acceptors (Lipinski definition) is 9. The second-order valence-corrected chi connectivity index (χ2v) is 14.5. The molecule has 6 heterocycles. The maximum absolute atomic E-state index is 5.14. The number of rotatable bonds is 6. The molecule has 0 unspecified atom stereocenters. The summed E-state index contributed by atoms with van der Waals surface area (Å²) in [5, 5.41) is 4.23. The monoisotopic (exact) mass is 770 g/mol. The SMILES string of the molecule is c1ccc(-c2ncnc(N3c4cc5c(cc4-c4ccc(-c6ccccn6)c6cccc3c46)c3cc(-c4ccccn4)ccc3n5-c3ncnc(-c4ccccc4)n3)n2)cc1. The van der Waals surface area contributed by atoms with Crippen LogP contribution in [0.4, 0.5) is 17.3 Å². The van der Waals surface area contributed by atoms with Crippen molar-refractivity contribution in [1.82, 2.24) is 44.4 Å². The molecule has 12 rings (SSSR count). The lowest BCUT2D eigenvalue weighted by Crippen LogP contribution is -2.18. The highest BCUT2D eigenvalue weighted by atomic mass is 15.3. The van der Waals surface area contributed by atoms with E-state index in [4.69, 9.17) is 29.9 Å². The van der Waals surface area contributed by atoms with Crippen LogP contribution < -0.4 is 4.90 Å².